The van der Waals surface area contributed by atoms with Gasteiger partial charge >= 0.3 is 0 Å². The third kappa shape index (κ3) is 4.20. The summed E-state index contributed by atoms with van der Waals surface area (Å²) in [5, 5.41) is 1.14. The van der Waals surface area contributed by atoms with Crippen molar-refractivity contribution in [1.29, 1.82) is 0 Å². The van der Waals surface area contributed by atoms with Crippen molar-refractivity contribution in [3.05, 3.63) is 141 Å². The summed E-state index contributed by atoms with van der Waals surface area (Å²) in [7, 11) is 0. The zero-order chi connectivity index (χ0) is 23.7. The Balaban J connectivity index is 1.63. The Morgan fingerprint density at radius 1 is 0.471 bits per heavy atom. The summed E-state index contributed by atoms with van der Waals surface area (Å²) in [6.45, 7) is 0. The number of hydrogen-bond donors (Lipinski definition) is 0. The molecule has 0 saturated heterocycles. The van der Waals surface area contributed by atoms with E-state index in [1.165, 1.54) is 0 Å². The lowest BCUT2D eigenvalue weighted by Gasteiger charge is -2.51. The number of Topliss-reactive ketones (excluding diaryl/α,β-unsaturated/α-hetero) is 2. The van der Waals surface area contributed by atoms with Crippen molar-refractivity contribution in [1.82, 2.24) is 0 Å². The van der Waals surface area contributed by atoms with Crippen LogP contribution in [0, 0.1) is 11.8 Å². The fourth-order valence-electron chi connectivity index (χ4n) is 5.19. The molecule has 168 valence electrons. The Hall–Kier alpha value is -3.20. The summed E-state index contributed by atoms with van der Waals surface area (Å²) < 4.78 is 0. The van der Waals surface area contributed by atoms with Gasteiger partial charge in [0.25, 0.3) is 0 Å². The fourth-order valence-corrected chi connectivity index (χ4v) is 5.45. The quantitative estimate of drug-likeness (QED) is 0.261. The second kappa shape index (κ2) is 9.58. The Labute approximate surface area is 209 Å². The fraction of sp³-hybridized carbons (Fsp3) is 0.133. The number of hydrogen-bond acceptors (Lipinski definition) is 2. The molecule has 1 aliphatic carbocycles. The van der Waals surface area contributed by atoms with Gasteiger partial charge in [-0.1, -0.05) is 83.9 Å². The van der Waals surface area contributed by atoms with Crippen LogP contribution in [0.1, 0.15) is 43.7 Å². The van der Waals surface area contributed by atoms with Gasteiger partial charge in [0.2, 0.25) is 0 Å². The van der Waals surface area contributed by atoms with E-state index in [1.807, 2.05) is 60.7 Å². The molecule has 0 unspecified atom stereocenters. The molecule has 4 atom stereocenters. The third-order valence-electron chi connectivity index (χ3n) is 6.78. The molecule has 0 aliphatic heterocycles. The van der Waals surface area contributed by atoms with Crippen molar-refractivity contribution in [2.45, 2.75) is 11.8 Å². The number of ketones is 2. The Morgan fingerprint density at radius 2 is 0.794 bits per heavy atom. The van der Waals surface area contributed by atoms with E-state index in [0.717, 1.165) is 11.1 Å². The molecule has 0 bridgehead atoms. The number of carbonyl (C=O) groups is 2. The van der Waals surface area contributed by atoms with Crippen molar-refractivity contribution in [2.75, 3.05) is 0 Å². The summed E-state index contributed by atoms with van der Waals surface area (Å²) in [4.78, 5) is 27.8. The number of rotatable bonds is 6. The number of halogens is 2. The van der Waals surface area contributed by atoms with E-state index < -0.39 is 11.8 Å². The molecule has 1 saturated carbocycles. The van der Waals surface area contributed by atoms with E-state index in [4.69, 9.17) is 23.2 Å². The lowest BCUT2D eigenvalue weighted by molar-refractivity contribution is 0.0456. The Kier molecular flexibility index (Phi) is 6.36. The van der Waals surface area contributed by atoms with Crippen LogP contribution in [-0.4, -0.2) is 11.6 Å². The van der Waals surface area contributed by atoms with Gasteiger partial charge in [-0.05, 0) is 59.7 Å². The van der Waals surface area contributed by atoms with E-state index in [1.54, 1.807) is 48.5 Å². The Bertz CT molecular complexity index is 1190. The van der Waals surface area contributed by atoms with E-state index in [9.17, 15) is 9.59 Å². The first-order valence-corrected chi connectivity index (χ1v) is 12.0. The minimum atomic E-state index is -0.489. The van der Waals surface area contributed by atoms with Crippen LogP contribution < -0.4 is 0 Å². The van der Waals surface area contributed by atoms with E-state index in [2.05, 4.69) is 0 Å². The third-order valence-corrected chi connectivity index (χ3v) is 7.28. The standard InChI is InChI=1S/C30H22Cl2O2/c31-23-15-11-21(12-16-23)29(33)27-25(19-7-3-1-4-8-19)26(20-9-5-2-6-10-20)28(27)30(34)22-13-17-24(32)18-14-22/h1-18,25-28H/t25-,26-,27+,28+/m1/s1. The highest BCUT2D eigenvalue weighted by Gasteiger charge is 2.57. The number of carbonyl (C=O) groups excluding carboxylic acids is 2. The van der Waals surface area contributed by atoms with Crippen LogP contribution in [0.5, 0.6) is 0 Å². The van der Waals surface area contributed by atoms with Crippen LogP contribution >= 0.6 is 23.2 Å². The van der Waals surface area contributed by atoms with Gasteiger partial charge in [0.05, 0.1) is 0 Å². The molecule has 34 heavy (non-hydrogen) atoms. The monoisotopic (exact) mass is 484 g/mol. The molecule has 0 radical (unpaired) electrons. The van der Waals surface area contributed by atoms with Gasteiger partial charge in [0.1, 0.15) is 0 Å². The van der Waals surface area contributed by atoms with E-state index in [0.29, 0.717) is 21.2 Å². The van der Waals surface area contributed by atoms with Crippen LogP contribution in [0.2, 0.25) is 10.0 Å². The van der Waals surface area contributed by atoms with Crippen LogP contribution in [0.15, 0.2) is 109 Å². The summed E-state index contributed by atoms with van der Waals surface area (Å²) >= 11 is 12.1. The highest BCUT2D eigenvalue weighted by molar-refractivity contribution is 6.31. The van der Waals surface area contributed by atoms with Gasteiger partial charge < -0.3 is 0 Å². The molecular weight excluding hydrogens is 463 g/mol. The largest absolute Gasteiger partial charge is 0.294 e. The zero-order valence-corrected chi connectivity index (χ0v) is 19.8. The molecule has 4 heteroatoms. The molecule has 2 nitrogen and oxygen atoms in total. The minimum Gasteiger partial charge on any atom is -0.294 e. The van der Waals surface area contributed by atoms with Gasteiger partial charge in [0.15, 0.2) is 11.6 Å². The van der Waals surface area contributed by atoms with Crippen molar-refractivity contribution >= 4 is 34.8 Å². The van der Waals surface area contributed by atoms with Crippen molar-refractivity contribution in [3.63, 3.8) is 0 Å². The first-order chi connectivity index (χ1) is 16.5. The average Bonchev–Trinajstić information content (AvgIpc) is 2.85. The molecular formula is C30H22Cl2O2. The summed E-state index contributed by atoms with van der Waals surface area (Å²) in [5.41, 5.74) is 3.25. The van der Waals surface area contributed by atoms with Gasteiger partial charge in [-0.2, -0.15) is 0 Å². The molecule has 0 heterocycles. The van der Waals surface area contributed by atoms with Crippen LogP contribution in [0.25, 0.3) is 0 Å². The van der Waals surface area contributed by atoms with E-state index >= 15 is 0 Å². The first kappa shape index (κ1) is 22.6. The molecule has 1 aliphatic rings. The predicted molar refractivity (Wildman–Crippen MR) is 137 cm³/mol. The smallest absolute Gasteiger partial charge is 0.167 e. The SMILES string of the molecule is O=C(c1ccc(Cl)cc1)[C@@H]1[C@@H](C(=O)c2ccc(Cl)cc2)[C@H](c2ccccc2)[C@H]1c1ccccc1. The highest BCUT2D eigenvalue weighted by Crippen LogP contribution is 2.59. The van der Waals surface area contributed by atoms with Crippen molar-refractivity contribution in [2.24, 2.45) is 11.8 Å². The molecule has 5 rings (SSSR count). The number of benzene rings is 4. The topological polar surface area (TPSA) is 34.1 Å². The lowest BCUT2D eigenvalue weighted by atomic mass is 9.49. The summed E-state index contributed by atoms with van der Waals surface area (Å²) in [5.74, 6) is -1.29. The predicted octanol–water partition coefficient (Wildman–Crippen LogP) is 7.87. The summed E-state index contributed by atoms with van der Waals surface area (Å²) in [6.07, 6.45) is 0. The first-order valence-electron chi connectivity index (χ1n) is 11.2. The minimum absolute atomic E-state index is 0.0370. The second-order valence-electron chi connectivity index (χ2n) is 8.67. The van der Waals surface area contributed by atoms with Gasteiger partial charge in [-0.15, -0.1) is 0 Å². The van der Waals surface area contributed by atoms with Gasteiger partial charge in [-0.3, -0.25) is 9.59 Å². The molecule has 1 fully saturated rings. The van der Waals surface area contributed by atoms with Crippen molar-refractivity contribution < 1.29 is 9.59 Å². The molecule has 0 N–H and O–H groups in total. The van der Waals surface area contributed by atoms with Crippen LogP contribution in [-0.2, 0) is 0 Å². The zero-order valence-electron chi connectivity index (χ0n) is 18.3. The molecule has 4 aromatic carbocycles. The lowest BCUT2D eigenvalue weighted by Crippen LogP contribution is -2.51. The normalized spacial score (nSPS) is 21.5. The maximum atomic E-state index is 13.9. The molecule has 0 amide bonds. The average molecular weight is 485 g/mol. The highest BCUT2D eigenvalue weighted by atomic mass is 35.5. The van der Waals surface area contributed by atoms with Crippen molar-refractivity contribution in [3.8, 4) is 0 Å². The maximum Gasteiger partial charge on any atom is 0.167 e. The maximum absolute atomic E-state index is 13.9. The van der Waals surface area contributed by atoms with Crippen LogP contribution in [0.4, 0.5) is 0 Å². The molecule has 4 aromatic rings. The molecule has 0 spiro atoms. The Morgan fingerprint density at radius 3 is 1.12 bits per heavy atom. The van der Waals surface area contributed by atoms with Crippen LogP contribution in [0.3, 0.4) is 0 Å². The van der Waals surface area contributed by atoms with Gasteiger partial charge in [-0.25, -0.2) is 0 Å². The molecule has 0 aromatic heterocycles. The second-order valence-corrected chi connectivity index (χ2v) is 9.54. The summed E-state index contributed by atoms with van der Waals surface area (Å²) in [6, 6.07) is 33.9. The van der Waals surface area contributed by atoms with E-state index in [-0.39, 0.29) is 23.4 Å². The van der Waals surface area contributed by atoms with Gasteiger partial charge in [0, 0.05) is 44.8 Å².